The summed E-state index contributed by atoms with van der Waals surface area (Å²) in [7, 11) is 0. The fourth-order valence-electron chi connectivity index (χ4n) is 2.45. The lowest BCUT2D eigenvalue weighted by Gasteiger charge is -2.05. The first kappa shape index (κ1) is 11.7. The standard InChI is InChI=1S/C14H15ClN2O/c15-12(10-6-2-1-3-7-10)14-17-16-13(18-14)11-8-4-5-9-11/h1-3,6-7,11-12H,4-5,8-9H2. The lowest BCUT2D eigenvalue weighted by Crippen LogP contribution is -1.93. The number of hydrogen-bond donors (Lipinski definition) is 0. The Balaban J connectivity index is 1.80. The van der Waals surface area contributed by atoms with E-state index in [0.717, 1.165) is 24.3 Å². The fourth-order valence-corrected chi connectivity index (χ4v) is 2.68. The lowest BCUT2D eigenvalue weighted by molar-refractivity contribution is 0.419. The van der Waals surface area contributed by atoms with E-state index in [-0.39, 0.29) is 5.38 Å². The molecule has 2 aromatic rings. The molecule has 1 aliphatic carbocycles. The molecular weight excluding hydrogens is 248 g/mol. The zero-order valence-corrected chi connectivity index (χ0v) is 10.8. The molecule has 3 nitrogen and oxygen atoms in total. The Morgan fingerprint density at radius 1 is 1.11 bits per heavy atom. The highest BCUT2D eigenvalue weighted by atomic mass is 35.5. The molecule has 18 heavy (non-hydrogen) atoms. The van der Waals surface area contributed by atoms with Crippen LogP contribution in [0.5, 0.6) is 0 Å². The molecule has 1 aromatic heterocycles. The molecule has 0 amide bonds. The maximum atomic E-state index is 6.36. The first-order valence-electron chi connectivity index (χ1n) is 6.37. The Labute approximate surface area is 111 Å². The highest BCUT2D eigenvalue weighted by Gasteiger charge is 2.25. The van der Waals surface area contributed by atoms with Gasteiger partial charge in [0.1, 0.15) is 5.38 Å². The van der Waals surface area contributed by atoms with Crippen LogP contribution >= 0.6 is 11.6 Å². The molecule has 1 aliphatic rings. The second-order valence-electron chi connectivity index (χ2n) is 4.73. The first-order valence-corrected chi connectivity index (χ1v) is 6.80. The van der Waals surface area contributed by atoms with E-state index in [1.807, 2.05) is 30.3 Å². The van der Waals surface area contributed by atoms with Crippen LogP contribution in [0.3, 0.4) is 0 Å². The van der Waals surface area contributed by atoms with Gasteiger partial charge in [-0.25, -0.2) is 0 Å². The summed E-state index contributed by atoms with van der Waals surface area (Å²) in [6, 6.07) is 9.82. The van der Waals surface area contributed by atoms with E-state index in [1.54, 1.807) is 0 Å². The molecule has 1 saturated carbocycles. The van der Waals surface area contributed by atoms with Gasteiger partial charge in [0.25, 0.3) is 0 Å². The summed E-state index contributed by atoms with van der Waals surface area (Å²) < 4.78 is 5.73. The number of benzene rings is 1. The van der Waals surface area contributed by atoms with E-state index in [2.05, 4.69) is 10.2 Å². The Kier molecular flexibility index (Phi) is 3.33. The summed E-state index contributed by atoms with van der Waals surface area (Å²) in [6.45, 7) is 0. The number of hydrogen-bond acceptors (Lipinski definition) is 3. The van der Waals surface area contributed by atoms with Crippen LogP contribution in [0.4, 0.5) is 0 Å². The average Bonchev–Trinajstić information content (AvgIpc) is 3.09. The Morgan fingerprint density at radius 3 is 2.56 bits per heavy atom. The third kappa shape index (κ3) is 2.27. The van der Waals surface area contributed by atoms with Crippen molar-refractivity contribution in [2.45, 2.75) is 37.0 Å². The molecule has 0 saturated heterocycles. The van der Waals surface area contributed by atoms with E-state index in [9.17, 15) is 0 Å². The number of nitrogens with zero attached hydrogens (tertiary/aromatic N) is 2. The van der Waals surface area contributed by atoms with Crippen LogP contribution in [0.2, 0.25) is 0 Å². The topological polar surface area (TPSA) is 38.9 Å². The van der Waals surface area contributed by atoms with Gasteiger partial charge in [0, 0.05) is 5.92 Å². The molecule has 1 unspecified atom stereocenters. The number of alkyl halides is 1. The largest absolute Gasteiger partial charge is 0.423 e. The molecule has 1 fully saturated rings. The number of rotatable bonds is 3. The highest BCUT2D eigenvalue weighted by Crippen LogP contribution is 2.35. The van der Waals surface area contributed by atoms with Gasteiger partial charge in [0.05, 0.1) is 0 Å². The van der Waals surface area contributed by atoms with Crippen molar-refractivity contribution in [3.63, 3.8) is 0 Å². The molecule has 1 atom stereocenters. The summed E-state index contributed by atoms with van der Waals surface area (Å²) in [6.07, 6.45) is 4.82. The number of aromatic nitrogens is 2. The number of halogens is 1. The van der Waals surface area contributed by atoms with Crippen LogP contribution in [-0.2, 0) is 0 Å². The van der Waals surface area contributed by atoms with Crippen molar-refractivity contribution in [1.29, 1.82) is 0 Å². The second-order valence-corrected chi connectivity index (χ2v) is 5.17. The van der Waals surface area contributed by atoms with Gasteiger partial charge < -0.3 is 4.42 Å². The van der Waals surface area contributed by atoms with Crippen molar-refractivity contribution in [2.24, 2.45) is 0 Å². The van der Waals surface area contributed by atoms with Gasteiger partial charge in [-0.15, -0.1) is 21.8 Å². The van der Waals surface area contributed by atoms with E-state index in [4.69, 9.17) is 16.0 Å². The fraction of sp³-hybridized carbons (Fsp3) is 0.429. The van der Waals surface area contributed by atoms with Crippen molar-refractivity contribution in [3.05, 3.63) is 47.7 Å². The molecule has 1 aromatic carbocycles. The molecule has 94 valence electrons. The van der Waals surface area contributed by atoms with Crippen molar-refractivity contribution in [1.82, 2.24) is 10.2 Å². The van der Waals surface area contributed by atoms with Crippen LogP contribution in [0.15, 0.2) is 34.7 Å². The van der Waals surface area contributed by atoms with Gasteiger partial charge in [-0.2, -0.15) is 0 Å². The minimum atomic E-state index is -0.353. The van der Waals surface area contributed by atoms with Crippen molar-refractivity contribution >= 4 is 11.6 Å². The SMILES string of the molecule is ClC(c1ccccc1)c1nnc(C2CCCC2)o1. The quantitative estimate of drug-likeness (QED) is 0.783. The molecule has 0 aliphatic heterocycles. The van der Waals surface area contributed by atoms with Crippen LogP contribution in [0.25, 0.3) is 0 Å². The normalized spacial score (nSPS) is 18.1. The van der Waals surface area contributed by atoms with Crippen molar-refractivity contribution in [3.8, 4) is 0 Å². The van der Waals surface area contributed by atoms with E-state index in [0.29, 0.717) is 11.8 Å². The summed E-state index contributed by atoms with van der Waals surface area (Å²) in [4.78, 5) is 0. The third-order valence-corrected chi connectivity index (χ3v) is 3.91. The maximum Gasteiger partial charge on any atom is 0.238 e. The molecule has 0 N–H and O–H groups in total. The Hall–Kier alpha value is -1.35. The van der Waals surface area contributed by atoms with Crippen LogP contribution in [0.1, 0.15) is 54.3 Å². The van der Waals surface area contributed by atoms with E-state index in [1.165, 1.54) is 12.8 Å². The van der Waals surface area contributed by atoms with Crippen molar-refractivity contribution in [2.75, 3.05) is 0 Å². The zero-order valence-electron chi connectivity index (χ0n) is 10.1. The first-order chi connectivity index (χ1) is 8.84. The smallest absolute Gasteiger partial charge is 0.238 e. The predicted molar refractivity (Wildman–Crippen MR) is 69.6 cm³/mol. The van der Waals surface area contributed by atoms with Crippen molar-refractivity contribution < 1.29 is 4.42 Å². The Morgan fingerprint density at radius 2 is 1.83 bits per heavy atom. The lowest BCUT2D eigenvalue weighted by atomic mass is 10.1. The Bertz CT molecular complexity index is 506. The van der Waals surface area contributed by atoms with Gasteiger partial charge >= 0.3 is 0 Å². The summed E-state index contributed by atoms with van der Waals surface area (Å²) in [5.41, 5.74) is 0.987. The van der Waals surface area contributed by atoms with Crippen LogP contribution < -0.4 is 0 Å². The van der Waals surface area contributed by atoms with Gasteiger partial charge in [0.15, 0.2) is 0 Å². The summed E-state index contributed by atoms with van der Waals surface area (Å²) in [5, 5.41) is 7.88. The minimum Gasteiger partial charge on any atom is -0.423 e. The van der Waals surface area contributed by atoms with Gasteiger partial charge in [0.2, 0.25) is 11.8 Å². The third-order valence-electron chi connectivity index (χ3n) is 3.47. The maximum absolute atomic E-state index is 6.36. The molecule has 3 rings (SSSR count). The molecule has 0 bridgehead atoms. The predicted octanol–water partition coefficient (Wildman–Crippen LogP) is 4.06. The van der Waals surface area contributed by atoms with E-state index >= 15 is 0 Å². The van der Waals surface area contributed by atoms with Gasteiger partial charge in [-0.1, -0.05) is 43.2 Å². The molecule has 4 heteroatoms. The van der Waals surface area contributed by atoms with Crippen LogP contribution in [-0.4, -0.2) is 10.2 Å². The molecule has 0 radical (unpaired) electrons. The molecular formula is C14H15ClN2O. The molecule has 1 heterocycles. The zero-order chi connectivity index (χ0) is 12.4. The van der Waals surface area contributed by atoms with Gasteiger partial charge in [-0.05, 0) is 18.4 Å². The van der Waals surface area contributed by atoms with Crippen LogP contribution in [0, 0.1) is 0 Å². The average molecular weight is 263 g/mol. The van der Waals surface area contributed by atoms with Gasteiger partial charge in [-0.3, -0.25) is 0 Å². The second kappa shape index (κ2) is 5.11. The summed E-state index contributed by atoms with van der Waals surface area (Å²) in [5.74, 6) is 1.69. The molecule has 0 spiro atoms. The monoisotopic (exact) mass is 262 g/mol. The highest BCUT2D eigenvalue weighted by molar-refractivity contribution is 6.22. The summed E-state index contributed by atoms with van der Waals surface area (Å²) >= 11 is 6.36. The van der Waals surface area contributed by atoms with E-state index < -0.39 is 0 Å². The minimum absolute atomic E-state index is 0.353.